The molecule has 4 rings (SSSR count). The van der Waals surface area contributed by atoms with Gasteiger partial charge in [-0.15, -0.1) is 0 Å². The summed E-state index contributed by atoms with van der Waals surface area (Å²) in [6.07, 6.45) is 8.07. The minimum atomic E-state index is 0.562. The van der Waals surface area contributed by atoms with E-state index < -0.39 is 0 Å². The zero-order chi connectivity index (χ0) is 17.8. The molecule has 0 saturated carbocycles. The highest BCUT2D eigenvalue weighted by Crippen LogP contribution is 2.27. The third-order valence-electron chi connectivity index (χ3n) is 5.21. The highest BCUT2D eigenvalue weighted by atomic mass is 15.3. The average Bonchev–Trinajstić information content (AvgIpc) is 3.17. The molecular weight excluding hydrogens is 322 g/mol. The number of piperidine rings is 1. The van der Waals surface area contributed by atoms with Gasteiger partial charge in [0.25, 0.3) is 0 Å². The zero-order valence-electron chi connectivity index (χ0n) is 15.3. The molecule has 1 aliphatic rings. The first-order chi connectivity index (χ1) is 12.8. The predicted octanol–water partition coefficient (Wildman–Crippen LogP) is 3.41. The van der Waals surface area contributed by atoms with Crippen LogP contribution in [0.2, 0.25) is 0 Å². The molecule has 0 N–H and O–H groups in total. The van der Waals surface area contributed by atoms with Gasteiger partial charge in [0, 0.05) is 36.7 Å². The van der Waals surface area contributed by atoms with Crippen LogP contribution in [0.3, 0.4) is 0 Å². The van der Waals surface area contributed by atoms with Gasteiger partial charge in [-0.05, 0) is 56.1 Å². The van der Waals surface area contributed by atoms with Crippen LogP contribution in [-0.4, -0.2) is 37.7 Å². The summed E-state index contributed by atoms with van der Waals surface area (Å²) in [5.74, 6) is 1.43. The van der Waals surface area contributed by atoms with Crippen LogP contribution in [0.4, 0.5) is 0 Å². The lowest BCUT2D eigenvalue weighted by Gasteiger charge is -2.32. The van der Waals surface area contributed by atoms with Crippen molar-refractivity contribution in [3.05, 3.63) is 77.6 Å². The first-order valence-corrected chi connectivity index (χ1v) is 9.34. The molecule has 3 heterocycles. The van der Waals surface area contributed by atoms with Crippen LogP contribution in [0.1, 0.15) is 41.4 Å². The fraction of sp³-hybridized carbons (Fsp3) is 0.381. The van der Waals surface area contributed by atoms with Crippen molar-refractivity contribution in [2.45, 2.75) is 38.8 Å². The summed E-state index contributed by atoms with van der Waals surface area (Å²) >= 11 is 0. The molecular formula is C21H25N5. The van der Waals surface area contributed by atoms with E-state index in [1.165, 1.54) is 16.8 Å². The van der Waals surface area contributed by atoms with Crippen LogP contribution in [0.25, 0.3) is 0 Å². The summed E-state index contributed by atoms with van der Waals surface area (Å²) in [7, 11) is 0. The van der Waals surface area contributed by atoms with Gasteiger partial charge in [0.15, 0.2) is 0 Å². The Balaban J connectivity index is 1.39. The van der Waals surface area contributed by atoms with E-state index in [9.17, 15) is 0 Å². The minimum absolute atomic E-state index is 0.562. The van der Waals surface area contributed by atoms with E-state index in [0.717, 1.165) is 44.8 Å². The molecule has 5 nitrogen and oxygen atoms in total. The van der Waals surface area contributed by atoms with Crippen molar-refractivity contribution in [2.24, 2.45) is 0 Å². The van der Waals surface area contributed by atoms with E-state index in [2.05, 4.69) is 50.3 Å². The summed E-state index contributed by atoms with van der Waals surface area (Å²) in [5.41, 5.74) is 3.96. The molecule has 134 valence electrons. The lowest BCUT2D eigenvalue weighted by atomic mass is 9.93. The normalized spacial score (nSPS) is 16.0. The maximum absolute atomic E-state index is 4.62. The zero-order valence-corrected chi connectivity index (χ0v) is 15.3. The Morgan fingerprint density at radius 1 is 0.962 bits per heavy atom. The molecule has 26 heavy (non-hydrogen) atoms. The number of aryl methyl sites for hydroxylation is 1. The van der Waals surface area contributed by atoms with Gasteiger partial charge in [-0.1, -0.05) is 24.3 Å². The maximum Gasteiger partial charge on any atom is 0.125 e. The molecule has 3 aromatic rings. The van der Waals surface area contributed by atoms with Crippen molar-refractivity contribution in [3.8, 4) is 0 Å². The Kier molecular flexibility index (Phi) is 5.07. The largest absolute Gasteiger partial charge is 0.299 e. The van der Waals surface area contributed by atoms with Gasteiger partial charge < -0.3 is 0 Å². The molecule has 0 radical (unpaired) electrons. The fourth-order valence-electron chi connectivity index (χ4n) is 3.76. The molecule has 0 amide bonds. The van der Waals surface area contributed by atoms with E-state index in [-0.39, 0.29) is 0 Å². The number of nitrogens with zero attached hydrogens (tertiary/aromatic N) is 5. The highest BCUT2D eigenvalue weighted by Gasteiger charge is 2.22. The smallest absolute Gasteiger partial charge is 0.125 e. The minimum Gasteiger partial charge on any atom is -0.299 e. The summed E-state index contributed by atoms with van der Waals surface area (Å²) in [5, 5.41) is 4.34. The van der Waals surface area contributed by atoms with Gasteiger partial charge in [0.2, 0.25) is 0 Å². The maximum atomic E-state index is 4.62. The molecule has 2 aromatic heterocycles. The van der Waals surface area contributed by atoms with E-state index >= 15 is 0 Å². The van der Waals surface area contributed by atoms with Crippen LogP contribution in [-0.2, 0) is 13.1 Å². The molecule has 0 spiro atoms. The second-order valence-corrected chi connectivity index (χ2v) is 7.05. The van der Waals surface area contributed by atoms with E-state index in [1.807, 2.05) is 36.3 Å². The first kappa shape index (κ1) is 16.9. The van der Waals surface area contributed by atoms with Crippen LogP contribution in [0.15, 0.2) is 55.0 Å². The Hall–Kier alpha value is -2.53. The van der Waals surface area contributed by atoms with Gasteiger partial charge in [-0.2, -0.15) is 5.10 Å². The first-order valence-electron chi connectivity index (χ1n) is 9.34. The molecule has 1 aliphatic heterocycles. The van der Waals surface area contributed by atoms with Crippen molar-refractivity contribution >= 4 is 0 Å². The van der Waals surface area contributed by atoms with Gasteiger partial charge in [0.1, 0.15) is 5.82 Å². The molecule has 5 heteroatoms. The van der Waals surface area contributed by atoms with E-state index in [1.54, 1.807) is 0 Å². The highest BCUT2D eigenvalue weighted by molar-refractivity contribution is 5.27. The lowest BCUT2D eigenvalue weighted by Crippen LogP contribution is -2.33. The topological polar surface area (TPSA) is 46.8 Å². The summed E-state index contributed by atoms with van der Waals surface area (Å²) in [6, 6.07) is 12.8. The third kappa shape index (κ3) is 3.99. The molecule has 0 bridgehead atoms. The van der Waals surface area contributed by atoms with E-state index in [0.29, 0.717) is 5.92 Å². The summed E-state index contributed by atoms with van der Waals surface area (Å²) in [6.45, 7) is 6.04. The lowest BCUT2D eigenvalue weighted by molar-refractivity contribution is 0.202. The van der Waals surface area contributed by atoms with Gasteiger partial charge >= 0.3 is 0 Å². The molecule has 1 fully saturated rings. The van der Waals surface area contributed by atoms with Crippen LogP contribution < -0.4 is 0 Å². The van der Waals surface area contributed by atoms with Gasteiger partial charge in [0.05, 0.1) is 6.54 Å². The number of benzene rings is 1. The number of hydrogen-bond donors (Lipinski definition) is 0. The van der Waals surface area contributed by atoms with Crippen LogP contribution >= 0.6 is 0 Å². The van der Waals surface area contributed by atoms with Crippen molar-refractivity contribution in [3.63, 3.8) is 0 Å². The van der Waals surface area contributed by atoms with Crippen molar-refractivity contribution < 1.29 is 0 Å². The Morgan fingerprint density at radius 2 is 1.73 bits per heavy atom. The third-order valence-corrected chi connectivity index (χ3v) is 5.21. The van der Waals surface area contributed by atoms with Gasteiger partial charge in [-0.25, -0.2) is 9.97 Å². The number of likely N-dealkylation sites (tertiary alicyclic amines) is 1. The molecule has 0 unspecified atom stereocenters. The SMILES string of the molecule is Cc1nccc(C2CCN(Cc3ccccc3Cn3cccn3)CC2)n1. The fourth-order valence-corrected chi connectivity index (χ4v) is 3.76. The molecule has 1 saturated heterocycles. The quantitative estimate of drug-likeness (QED) is 0.710. The number of hydrogen-bond acceptors (Lipinski definition) is 4. The summed E-state index contributed by atoms with van der Waals surface area (Å²) in [4.78, 5) is 11.4. The Morgan fingerprint density at radius 3 is 2.42 bits per heavy atom. The molecule has 0 aliphatic carbocycles. The summed E-state index contributed by atoms with van der Waals surface area (Å²) < 4.78 is 1.99. The monoisotopic (exact) mass is 347 g/mol. The second-order valence-electron chi connectivity index (χ2n) is 7.05. The van der Waals surface area contributed by atoms with Crippen molar-refractivity contribution in [1.29, 1.82) is 0 Å². The van der Waals surface area contributed by atoms with E-state index in [4.69, 9.17) is 0 Å². The number of aromatic nitrogens is 4. The van der Waals surface area contributed by atoms with Crippen molar-refractivity contribution in [1.82, 2.24) is 24.6 Å². The predicted molar refractivity (Wildman–Crippen MR) is 102 cm³/mol. The molecule has 1 aromatic carbocycles. The Labute approximate surface area is 154 Å². The Bertz CT molecular complexity index is 835. The number of rotatable bonds is 5. The standard InChI is InChI=1S/C21H25N5/c1-17-22-11-7-21(24-17)18-8-13-25(14-9-18)15-19-5-2-3-6-20(19)16-26-12-4-10-23-26/h2-7,10-12,18H,8-9,13-16H2,1H3. The average molecular weight is 347 g/mol. The van der Waals surface area contributed by atoms with Gasteiger partial charge in [-0.3, -0.25) is 9.58 Å². The van der Waals surface area contributed by atoms with Crippen LogP contribution in [0.5, 0.6) is 0 Å². The van der Waals surface area contributed by atoms with Crippen LogP contribution in [0, 0.1) is 6.92 Å². The molecule has 0 atom stereocenters. The second kappa shape index (κ2) is 7.79. The van der Waals surface area contributed by atoms with Crippen molar-refractivity contribution in [2.75, 3.05) is 13.1 Å².